The summed E-state index contributed by atoms with van der Waals surface area (Å²) in [6.07, 6.45) is 11.2. The Kier molecular flexibility index (Phi) is 18.5. The summed E-state index contributed by atoms with van der Waals surface area (Å²) in [5.74, 6) is 0. The van der Waals surface area contributed by atoms with E-state index in [0.29, 0.717) is 52.9 Å². The lowest BCUT2D eigenvalue weighted by Crippen LogP contribution is -2.25. The lowest BCUT2D eigenvalue weighted by molar-refractivity contribution is -0.180. The van der Waals surface area contributed by atoms with E-state index in [4.69, 9.17) is 28.4 Å². The van der Waals surface area contributed by atoms with Gasteiger partial charge in [0.15, 0.2) is 12.6 Å². The highest BCUT2D eigenvalue weighted by molar-refractivity contribution is 4.51. The van der Waals surface area contributed by atoms with E-state index >= 15 is 0 Å². The van der Waals surface area contributed by atoms with Gasteiger partial charge in [-0.1, -0.05) is 52.4 Å². The third-order valence-electron chi connectivity index (χ3n) is 4.71. The van der Waals surface area contributed by atoms with Gasteiger partial charge in [0.25, 0.3) is 0 Å². The van der Waals surface area contributed by atoms with E-state index in [1.54, 1.807) is 0 Å². The number of ether oxygens (including phenoxy) is 6. The van der Waals surface area contributed by atoms with Crippen molar-refractivity contribution in [2.75, 3.05) is 52.9 Å². The Labute approximate surface area is 172 Å². The van der Waals surface area contributed by atoms with Crippen LogP contribution < -0.4 is 0 Å². The number of hydrogen-bond donors (Lipinski definition) is 0. The summed E-state index contributed by atoms with van der Waals surface area (Å²) < 4.78 is 34.7. The van der Waals surface area contributed by atoms with Crippen molar-refractivity contribution in [3.63, 3.8) is 0 Å². The molecule has 1 saturated heterocycles. The van der Waals surface area contributed by atoms with E-state index in [2.05, 4.69) is 13.8 Å². The molecule has 0 saturated carbocycles. The van der Waals surface area contributed by atoms with Gasteiger partial charge in [0.1, 0.15) is 0 Å². The van der Waals surface area contributed by atoms with Crippen LogP contribution in [0.4, 0.5) is 0 Å². The molecule has 0 aromatic heterocycles. The maximum absolute atomic E-state index is 5.85. The molecule has 6 heteroatoms. The molecule has 1 rings (SSSR count). The van der Waals surface area contributed by atoms with Crippen LogP contribution in [0.5, 0.6) is 0 Å². The van der Waals surface area contributed by atoms with Crippen molar-refractivity contribution in [3.8, 4) is 0 Å². The Bertz CT molecular complexity index is 269. The summed E-state index contributed by atoms with van der Waals surface area (Å²) in [5.41, 5.74) is 0. The fraction of sp³-hybridized carbons (Fsp3) is 1.00. The highest BCUT2D eigenvalue weighted by atomic mass is 16.7. The van der Waals surface area contributed by atoms with Crippen molar-refractivity contribution in [2.45, 2.75) is 90.6 Å². The van der Waals surface area contributed by atoms with Crippen LogP contribution in [0.3, 0.4) is 0 Å². The fourth-order valence-electron chi connectivity index (χ4n) is 3.06. The maximum atomic E-state index is 5.85. The summed E-state index contributed by atoms with van der Waals surface area (Å²) in [6.45, 7) is 8.80. The molecule has 0 radical (unpaired) electrons. The molecule has 1 heterocycles. The summed E-state index contributed by atoms with van der Waals surface area (Å²) in [7, 11) is 0. The summed E-state index contributed by atoms with van der Waals surface area (Å²) in [4.78, 5) is 0. The molecule has 0 bridgehead atoms. The molecule has 0 amide bonds. The summed E-state index contributed by atoms with van der Waals surface area (Å²) >= 11 is 0. The molecule has 28 heavy (non-hydrogen) atoms. The van der Waals surface area contributed by atoms with Gasteiger partial charge in [-0.2, -0.15) is 0 Å². The molecule has 0 spiro atoms. The van der Waals surface area contributed by atoms with Crippen LogP contribution in [0.1, 0.15) is 78.1 Å². The van der Waals surface area contributed by atoms with Crippen molar-refractivity contribution >= 4 is 0 Å². The van der Waals surface area contributed by atoms with E-state index in [1.807, 2.05) is 0 Å². The Morgan fingerprint density at radius 3 is 1.14 bits per heavy atom. The lowest BCUT2D eigenvalue weighted by Gasteiger charge is -2.21. The molecule has 0 aromatic rings. The number of unbranched alkanes of at least 4 members (excludes halogenated alkanes) is 6. The molecular weight excluding hydrogens is 360 g/mol. The second kappa shape index (κ2) is 20.0. The number of hydrogen-bond acceptors (Lipinski definition) is 6. The molecule has 1 fully saturated rings. The molecule has 0 aromatic carbocycles. The zero-order valence-corrected chi connectivity index (χ0v) is 18.3. The van der Waals surface area contributed by atoms with E-state index in [0.717, 1.165) is 25.7 Å². The molecule has 0 unspecified atom stereocenters. The Hall–Kier alpha value is -0.240. The van der Waals surface area contributed by atoms with Crippen molar-refractivity contribution < 1.29 is 28.4 Å². The van der Waals surface area contributed by atoms with E-state index in [-0.39, 0.29) is 12.6 Å². The van der Waals surface area contributed by atoms with Gasteiger partial charge in [-0.15, -0.1) is 0 Å². The Morgan fingerprint density at radius 2 is 0.821 bits per heavy atom. The quantitative estimate of drug-likeness (QED) is 0.492. The minimum atomic E-state index is -0.169. The van der Waals surface area contributed by atoms with Crippen LogP contribution in [0.15, 0.2) is 0 Å². The minimum absolute atomic E-state index is 0.169. The second-order valence-electron chi connectivity index (χ2n) is 7.27. The zero-order valence-electron chi connectivity index (χ0n) is 18.3. The third-order valence-corrected chi connectivity index (χ3v) is 4.71. The van der Waals surface area contributed by atoms with Crippen molar-refractivity contribution in [1.29, 1.82) is 0 Å². The fourth-order valence-corrected chi connectivity index (χ4v) is 3.06. The van der Waals surface area contributed by atoms with Crippen LogP contribution in [0.25, 0.3) is 0 Å². The van der Waals surface area contributed by atoms with E-state index < -0.39 is 0 Å². The highest BCUT2D eigenvalue weighted by Gasteiger charge is 2.12. The third kappa shape index (κ3) is 15.7. The Balaban J connectivity index is 2.27. The normalized spacial score (nSPS) is 24.2. The standard InChI is InChI=1S/C22H44O6/c1-3-5-7-9-11-21-25-17-13-23-15-19-27-22(12-10-8-6-4-2)28-20-16-24-14-18-26-21/h21-22H,3-20H2,1-2H3. The van der Waals surface area contributed by atoms with Gasteiger partial charge in [0, 0.05) is 0 Å². The average Bonchev–Trinajstić information content (AvgIpc) is 2.70. The van der Waals surface area contributed by atoms with Crippen LogP contribution in [-0.2, 0) is 28.4 Å². The predicted octanol–water partition coefficient (Wildman–Crippen LogP) is 4.69. The molecule has 6 nitrogen and oxygen atoms in total. The average molecular weight is 405 g/mol. The smallest absolute Gasteiger partial charge is 0.157 e. The van der Waals surface area contributed by atoms with Crippen LogP contribution in [-0.4, -0.2) is 65.4 Å². The van der Waals surface area contributed by atoms with E-state index in [1.165, 1.54) is 38.5 Å². The molecule has 0 atom stereocenters. The topological polar surface area (TPSA) is 55.4 Å². The van der Waals surface area contributed by atoms with Gasteiger partial charge in [-0.05, 0) is 25.7 Å². The van der Waals surface area contributed by atoms with Gasteiger partial charge >= 0.3 is 0 Å². The van der Waals surface area contributed by atoms with Crippen LogP contribution in [0.2, 0.25) is 0 Å². The first-order chi connectivity index (χ1) is 13.9. The van der Waals surface area contributed by atoms with Gasteiger partial charge in [0.2, 0.25) is 0 Å². The predicted molar refractivity (Wildman–Crippen MR) is 111 cm³/mol. The van der Waals surface area contributed by atoms with Crippen molar-refractivity contribution in [3.05, 3.63) is 0 Å². The molecule has 0 aliphatic carbocycles. The lowest BCUT2D eigenvalue weighted by atomic mass is 10.1. The first kappa shape index (κ1) is 25.8. The molecule has 1 aliphatic heterocycles. The van der Waals surface area contributed by atoms with Crippen molar-refractivity contribution in [2.24, 2.45) is 0 Å². The number of rotatable bonds is 10. The molecular formula is C22H44O6. The monoisotopic (exact) mass is 404 g/mol. The SMILES string of the molecule is CCCCCCC1OCCOCCOC(CCCCCC)OCCOCCO1. The summed E-state index contributed by atoms with van der Waals surface area (Å²) in [6, 6.07) is 0. The van der Waals surface area contributed by atoms with Gasteiger partial charge in [-0.25, -0.2) is 0 Å². The van der Waals surface area contributed by atoms with Crippen LogP contribution in [0, 0.1) is 0 Å². The molecule has 0 N–H and O–H groups in total. The highest BCUT2D eigenvalue weighted by Crippen LogP contribution is 2.11. The molecule has 168 valence electrons. The second-order valence-corrected chi connectivity index (χ2v) is 7.27. The largest absolute Gasteiger partial charge is 0.377 e. The van der Waals surface area contributed by atoms with Gasteiger partial charge in [-0.3, -0.25) is 0 Å². The first-order valence-electron chi connectivity index (χ1n) is 11.5. The summed E-state index contributed by atoms with van der Waals surface area (Å²) in [5, 5.41) is 0. The maximum Gasteiger partial charge on any atom is 0.157 e. The zero-order chi connectivity index (χ0) is 20.1. The Morgan fingerprint density at radius 1 is 0.464 bits per heavy atom. The molecule has 1 aliphatic rings. The van der Waals surface area contributed by atoms with Gasteiger partial charge in [0.05, 0.1) is 52.9 Å². The van der Waals surface area contributed by atoms with Crippen LogP contribution >= 0.6 is 0 Å². The van der Waals surface area contributed by atoms with Crippen molar-refractivity contribution in [1.82, 2.24) is 0 Å². The first-order valence-corrected chi connectivity index (χ1v) is 11.5. The van der Waals surface area contributed by atoms with Gasteiger partial charge < -0.3 is 28.4 Å². The van der Waals surface area contributed by atoms with E-state index in [9.17, 15) is 0 Å². The minimum Gasteiger partial charge on any atom is -0.377 e.